The van der Waals surface area contributed by atoms with Crippen molar-refractivity contribution in [2.75, 3.05) is 6.61 Å². The molecule has 1 aromatic rings. The molecule has 0 spiro atoms. The molecule has 0 aromatic heterocycles. The number of hydrogen-bond donors (Lipinski definition) is 1. The summed E-state index contributed by atoms with van der Waals surface area (Å²) >= 11 is 0. The zero-order valence-electron chi connectivity index (χ0n) is 12.3. The van der Waals surface area contributed by atoms with E-state index in [0.29, 0.717) is 12.0 Å². The van der Waals surface area contributed by atoms with Crippen LogP contribution in [0.5, 0.6) is 0 Å². The van der Waals surface area contributed by atoms with Gasteiger partial charge in [0.2, 0.25) is 0 Å². The van der Waals surface area contributed by atoms with Gasteiger partial charge in [-0.3, -0.25) is 0 Å². The quantitative estimate of drug-likeness (QED) is 0.255. The number of halogens is 3. The fraction of sp³-hybridized carbons (Fsp3) is 0.235. The van der Waals surface area contributed by atoms with Gasteiger partial charge in [-0.2, -0.15) is 31.4 Å². The largest absolute Gasteiger partial charge is 0.481 e. The summed E-state index contributed by atoms with van der Waals surface area (Å²) in [6.07, 6.45) is 4.52. The first-order valence-electron chi connectivity index (χ1n) is 6.81. The Bertz CT molecular complexity index is 495. The van der Waals surface area contributed by atoms with Crippen molar-refractivity contribution < 1.29 is 40.1 Å². The molecule has 0 amide bonds. The zero-order chi connectivity index (χ0) is 16.3. The molecule has 0 fully saturated rings. The number of ether oxygens (including phenoxy) is 1. The van der Waals surface area contributed by atoms with E-state index in [-0.39, 0.29) is 42.1 Å². The Balaban J connectivity index is 0.000000684. The van der Waals surface area contributed by atoms with E-state index in [0.717, 1.165) is 6.08 Å². The summed E-state index contributed by atoms with van der Waals surface area (Å²) < 4.78 is 40.1. The molecule has 0 bridgehead atoms. The van der Waals surface area contributed by atoms with Gasteiger partial charge in [-0.05, 0) is 25.0 Å². The summed E-state index contributed by atoms with van der Waals surface area (Å²) in [5, 5.41) is 9.39. The molecule has 1 aromatic carbocycles. The number of rotatable bonds is 5. The minimum absolute atomic E-state index is 0. The predicted molar refractivity (Wildman–Crippen MR) is 80.4 cm³/mol. The average Bonchev–Trinajstić information content (AvgIpc) is 3.16. The van der Waals surface area contributed by atoms with Gasteiger partial charge in [0.05, 0.1) is 12.2 Å². The number of alkyl halides is 3. The number of aliphatic hydroxyl groups excluding tert-OH is 1. The molecule has 23 heavy (non-hydrogen) atoms. The Hall–Kier alpha value is -1.78. The molecule has 0 aliphatic heterocycles. The maximum atomic E-state index is 11.7. The third-order valence-corrected chi connectivity index (χ3v) is 2.53. The van der Waals surface area contributed by atoms with E-state index in [9.17, 15) is 18.3 Å². The molecular weight excluding hydrogens is 349 g/mol. The molecule has 1 aliphatic carbocycles. The van der Waals surface area contributed by atoms with E-state index in [1.807, 2.05) is 30.3 Å². The van der Waals surface area contributed by atoms with Crippen LogP contribution in [0.15, 0.2) is 78.3 Å². The van der Waals surface area contributed by atoms with Crippen molar-refractivity contribution >= 4 is 0 Å². The van der Waals surface area contributed by atoms with E-state index in [1.54, 1.807) is 24.3 Å². The Morgan fingerprint density at radius 1 is 1.17 bits per heavy atom. The third kappa shape index (κ3) is 11.4. The van der Waals surface area contributed by atoms with E-state index >= 15 is 0 Å². The summed E-state index contributed by atoms with van der Waals surface area (Å²) in [4.78, 5) is 0. The molecule has 1 aliphatic rings. The van der Waals surface area contributed by atoms with E-state index in [4.69, 9.17) is 4.74 Å². The second-order valence-electron chi connectivity index (χ2n) is 4.38. The molecule has 0 saturated heterocycles. The summed E-state index contributed by atoms with van der Waals surface area (Å²) in [7, 11) is 0. The SMILES string of the molecule is OC(OCCC/C=C\C(F)(F)F)=C1C=CC=C1.[Fe].c1cc[cH-]c1. The first-order valence-corrected chi connectivity index (χ1v) is 6.81. The van der Waals surface area contributed by atoms with Crippen molar-refractivity contribution in [3.05, 3.63) is 78.3 Å². The van der Waals surface area contributed by atoms with E-state index in [2.05, 4.69) is 0 Å². The molecule has 128 valence electrons. The standard InChI is InChI=1S/C12H13F3O2.C5H5.Fe/c13-12(14,15)8-4-1-5-9-17-11(16)10-6-2-3-7-10;1-2-4-5-3-1;/h2-4,6-8,16H,1,5,9H2;1-5H;/q;-1;/b8-4-;;. The molecule has 6 heteroatoms. The Kier molecular flexibility index (Phi) is 10.8. The summed E-state index contributed by atoms with van der Waals surface area (Å²) in [5.41, 5.74) is 0.566. The summed E-state index contributed by atoms with van der Waals surface area (Å²) in [6, 6.07) is 10.0. The smallest absolute Gasteiger partial charge is 0.409 e. The maximum absolute atomic E-state index is 11.7. The van der Waals surface area contributed by atoms with Gasteiger partial charge in [-0.15, -0.1) is 0 Å². The second-order valence-corrected chi connectivity index (χ2v) is 4.38. The molecular formula is C17H18F3FeO2-. The second kappa shape index (κ2) is 11.7. The van der Waals surface area contributed by atoms with E-state index < -0.39 is 6.18 Å². The van der Waals surface area contributed by atoms with Crippen molar-refractivity contribution in [3.63, 3.8) is 0 Å². The summed E-state index contributed by atoms with van der Waals surface area (Å²) in [5.74, 6) is -0.199. The van der Waals surface area contributed by atoms with Gasteiger partial charge in [-0.25, -0.2) is 12.1 Å². The van der Waals surface area contributed by atoms with Gasteiger partial charge >= 0.3 is 6.18 Å². The first-order chi connectivity index (χ1) is 10.5. The van der Waals surface area contributed by atoms with Crippen LogP contribution in [0.1, 0.15) is 12.8 Å². The van der Waals surface area contributed by atoms with Crippen molar-refractivity contribution in [3.8, 4) is 0 Å². The van der Waals surface area contributed by atoms with Gasteiger partial charge in [0, 0.05) is 23.1 Å². The number of unbranched alkanes of at least 4 members (excludes halogenated alkanes) is 1. The molecule has 2 nitrogen and oxygen atoms in total. The zero-order valence-corrected chi connectivity index (χ0v) is 13.4. The molecule has 1 N–H and O–H groups in total. The van der Waals surface area contributed by atoms with Gasteiger partial charge in [-0.1, -0.05) is 18.2 Å². The first kappa shape index (κ1) is 21.2. The van der Waals surface area contributed by atoms with Crippen LogP contribution >= 0.6 is 0 Å². The third-order valence-electron chi connectivity index (χ3n) is 2.53. The maximum Gasteiger partial charge on any atom is 0.409 e. The van der Waals surface area contributed by atoms with Crippen LogP contribution in [0.25, 0.3) is 0 Å². The van der Waals surface area contributed by atoms with Crippen molar-refractivity contribution in [1.82, 2.24) is 0 Å². The number of allylic oxidation sites excluding steroid dienone is 7. The molecule has 0 unspecified atom stereocenters. The Morgan fingerprint density at radius 3 is 2.26 bits per heavy atom. The van der Waals surface area contributed by atoms with Crippen LogP contribution in [0.3, 0.4) is 0 Å². The van der Waals surface area contributed by atoms with Crippen LogP contribution in [0.2, 0.25) is 0 Å². The van der Waals surface area contributed by atoms with Gasteiger partial charge in [0.1, 0.15) is 0 Å². The van der Waals surface area contributed by atoms with Gasteiger partial charge < -0.3 is 9.84 Å². The average molecular weight is 367 g/mol. The summed E-state index contributed by atoms with van der Waals surface area (Å²) in [6.45, 7) is 0.180. The van der Waals surface area contributed by atoms with Crippen molar-refractivity contribution in [2.45, 2.75) is 19.0 Å². The minimum atomic E-state index is -4.26. The van der Waals surface area contributed by atoms with Crippen LogP contribution in [-0.4, -0.2) is 17.9 Å². The number of hydrogen-bond acceptors (Lipinski definition) is 2. The molecule has 0 heterocycles. The van der Waals surface area contributed by atoms with Crippen LogP contribution < -0.4 is 0 Å². The van der Waals surface area contributed by atoms with Gasteiger partial charge in [0.25, 0.3) is 5.95 Å². The fourth-order valence-electron chi connectivity index (χ4n) is 1.51. The molecule has 0 atom stereocenters. The normalized spacial score (nSPS) is 12.7. The van der Waals surface area contributed by atoms with Gasteiger partial charge in [0.15, 0.2) is 0 Å². The predicted octanol–water partition coefficient (Wildman–Crippen LogP) is 5.20. The molecule has 0 radical (unpaired) electrons. The van der Waals surface area contributed by atoms with Crippen molar-refractivity contribution in [2.24, 2.45) is 0 Å². The fourth-order valence-corrected chi connectivity index (χ4v) is 1.51. The molecule has 2 rings (SSSR count). The van der Waals surface area contributed by atoms with Crippen LogP contribution in [-0.2, 0) is 21.8 Å². The van der Waals surface area contributed by atoms with Crippen LogP contribution in [0.4, 0.5) is 13.2 Å². The topological polar surface area (TPSA) is 29.5 Å². The number of aliphatic hydroxyl groups is 1. The Labute approximate surface area is 144 Å². The Morgan fingerprint density at radius 2 is 1.78 bits per heavy atom. The van der Waals surface area contributed by atoms with Crippen molar-refractivity contribution in [1.29, 1.82) is 0 Å². The molecule has 0 saturated carbocycles. The monoisotopic (exact) mass is 367 g/mol. The van der Waals surface area contributed by atoms with E-state index in [1.165, 1.54) is 0 Å². The van der Waals surface area contributed by atoms with Crippen LogP contribution in [0, 0.1) is 0 Å². The minimum Gasteiger partial charge on any atom is -0.481 e.